The van der Waals surface area contributed by atoms with Crippen LogP contribution >= 0.6 is 23.8 Å². The lowest BCUT2D eigenvalue weighted by Crippen LogP contribution is -2.35. The first kappa shape index (κ1) is 15.3. The zero-order valence-electron chi connectivity index (χ0n) is 12.3. The van der Waals surface area contributed by atoms with E-state index in [2.05, 4.69) is 15.7 Å². The average molecular weight is 335 g/mol. The van der Waals surface area contributed by atoms with Crippen molar-refractivity contribution in [3.63, 3.8) is 0 Å². The fourth-order valence-electron chi connectivity index (χ4n) is 2.71. The topological polar surface area (TPSA) is 41.9 Å². The zero-order chi connectivity index (χ0) is 15.4. The van der Waals surface area contributed by atoms with E-state index in [1.165, 1.54) is 25.7 Å². The molecule has 0 unspecified atom stereocenters. The summed E-state index contributed by atoms with van der Waals surface area (Å²) in [6.45, 7) is 0.710. The van der Waals surface area contributed by atoms with E-state index < -0.39 is 0 Å². The fourth-order valence-corrected chi connectivity index (χ4v) is 3.12. The van der Waals surface area contributed by atoms with Gasteiger partial charge in [-0.15, -0.1) is 0 Å². The largest absolute Gasteiger partial charge is 0.360 e. The van der Waals surface area contributed by atoms with Gasteiger partial charge in [0.1, 0.15) is 0 Å². The van der Waals surface area contributed by atoms with Gasteiger partial charge in [-0.25, -0.2) is 0 Å². The number of aromatic nitrogens is 2. The van der Waals surface area contributed by atoms with E-state index in [1.54, 1.807) is 6.20 Å². The van der Waals surface area contributed by atoms with E-state index in [1.807, 2.05) is 35.1 Å². The first-order chi connectivity index (χ1) is 10.7. The number of hydrogen-bond acceptors (Lipinski definition) is 2. The Bertz CT molecular complexity index is 632. The van der Waals surface area contributed by atoms with Crippen molar-refractivity contribution in [3.8, 4) is 0 Å². The second-order valence-corrected chi connectivity index (χ2v) is 6.48. The Kier molecular flexibility index (Phi) is 4.95. The van der Waals surface area contributed by atoms with E-state index in [4.69, 9.17) is 23.8 Å². The predicted octanol–water partition coefficient (Wildman–Crippen LogP) is 3.81. The number of thiocarbonyl (C=S) groups is 1. The van der Waals surface area contributed by atoms with Crippen molar-refractivity contribution in [2.75, 3.05) is 5.32 Å². The molecule has 0 aliphatic heterocycles. The molecule has 2 N–H and O–H groups in total. The minimum Gasteiger partial charge on any atom is -0.360 e. The number of rotatable bonds is 4. The quantitative estimate of drug-likeness (QED) is 0.834. The van der Waals surface area contributed by atoms with Gasteiger partial charge in [-0.2, -0.15) is 5.10 Å². The molecular formula is C16H19ClN4S. The minimum atomic E-state index is 0.518. The first-order valence-corrected chi connectivity index (χ1v) is 8.32. The third-order valence-electron chi connectivity index (χ3n) is 3.84. The molecule has 3 rings (SSSR count). The van der Waals surface area contributed by atoms with Crippen LogP contribution in [0.2, 0.25) is 5.02 Å². The van der Waals surface area contributed by atoms with Crippen molar-refractivity contribution >= 4 is 34.6 Å². The second-order valence-electron chi connectivity index (χ2n) is 5.63. The van der Waals surface area contributed by atoms with Gasteiger partial charge in [0.15, 0.2) is 5.11 Å². The molecule has 6 heteroatoms. The molecule has 1 aromatic heterocycles. The second kappa shape index (κ2) is 7.11. The molecule has 0 saturated heterocycles. The number of anilines is 1. The highest BCUT2D eigenvalue weighted by Crippen LogP contribution is 2.18. The highest BCUT2D eigenvalue weighted by molar-refractivity contribution is 7.80. The van der Waals surface area contributed by atoms with Crippen LogP contribution in [0.1, 0.15) is 31.2 Å². The summed E-state index contributed by atoms with van der Waals surface area (Å²) in [7, 11) is 0. The van der Waals surface area contributed by atoms with Crippen LogP contribution in [0.15, 0.2) is 36.7 Å². The fraction of sp³-hybridized carbons (Fsp3) is 0.375. The molecule has 0 radical (unpaired) electrons. The third-order valence-corrected chi connectivity index (χ3v) is 4.31. The van der Waals surface area contributed by atoms with Crippen LogP contribution in [0.4, 0.5) is 5.69 Å². The molecule has 22 heavy (non-hydrogen) atoms. The molecule has 2 aromatic rings. The van der Waals surface area contributed by atoms with Gasteiger partial charge in [-0.05, 0) is 42.8 Å². The molecule has 1 aliphatic carbocycles. The van der Waals surface area contributed by atoms with Crippen LogP contribution in [-0.2, 0) is 6.54 Å². The van der Waals surface area contributed by atoms with Gasteiger partial charge < -0.3 is 10.6 Å². The molecule has 0 spiro atoms. The van der Waals surface area contributed by atoms with E-state index in [0.29, 0.717) is 17.7 Å². The van der Waals surface area contributed by atoms with Gasteiger partial charge in [0, 0.05) is 17.3 Å². The molecule has 0 atom stereocenters. The zero-order valence-corrected chi connectivity index (χ0v) is 13.8. The maximum absolute atomic E-state index is 5.89. The van der Waals surface area contributed by atoms with Crippen LogP contribution in [0, 0.1) is 0 Å². The molecule has 1 aromatic carbocycles. The summed E-state index contributed by atoms with van der Waals surface area (Å²) in [5.74, 6) is 0. The van der Waals surface area contributed by atoms with Crippen LogP contribution in [0.5, 0.6) is 0 Å². The van der Waals surface area contributed by atoms with Crippen LogP contribution in [0.25, 0.3) is 0 Å². The van der Waals surface area contributed by atoms with Crippen molar-refractivity contribution in [1.29, 1.82) is 0 Å². The minimum absolute atomic E-state index is 0.518. The van der Waals surface area contributed by atoms with E-state index in [-0.39, 0.29) is 0 Å². The summed E-state index contributed by atoms with van der Waals surface area (Å²) in [4.78, 5) is 0. The lowest BCUT2D eigenvalue weighted by Gasteiger charge is -2.14. The number of nitrogens with one attached hydrogen (secondary N) is 2. The van der Waals surface area contributed by atoms with Crippen molar-refractivity contribution < 1.29 is 0 Å². The van der Waals surface area contributed by atoms with Gasteiger partial charge >= 0.3 is 0 Å². The van der Waals surface area contributed by atoms with E-state index in [0.717, 1.165) is 16.3 Å². The first-order valence-electron chi connectivity index (χ1n) is 7.53. The normalized spacial score (nSPS) is 15.0. The lowest BCUT2D eigenvalue weighted by atomic mass is 10.2. The molecule has 1 saturated carbocycles. The molecular weight excluding hydrogens is 316 g/mol. The standard InChI is InChI=1S/C16H19ClN4S/c17-13-7-5-12(6-8-13)10-21-11-15(9-18-21)20-16(22)19-14-3-1-2-4-14/h5-9,11,14H,1-4,10H2,(H2,19,20,22). The lowest BCUT2D eigenvalue weighted by molar-refractivity contribution is 0.634. The summed E-state index contributed by atoms with van der Waals surface area (Å²) in [5, 5.41) is 12.3. The summed E-state index contributed by atoms with van der Waals surface area (Å²) in [5.41, 5.74) is 2.06. The molecule has 116 valence electrons. The van der Waals surface area contributed by atoms with Gasteiger partial charge in [0.2, 0.25) is 0 Å². The Hall–Kier alpha value is -1.59. The van der Waals surface area contributed by atoms with Crippen molar-refractivity contribution in [1.82, 2.24) is 15.1 Å². The maximum atomic E-state index is 5.89. The Labute approximate surface area is 140 Å². The van der Waals surface area contributed by atoms with Crippen molar-refractivity contribution in [2.45, 2.75) is 38.3 Å². The number of halogens is 1. The summed E-state index contributed by atoms with van der Waals surface area (Å²) >= 11 is 11.2. The number of benzene rings is 1. The molecule has 1 aliphatic rings. The smallest absolute Gasteiger partial charge is 0.171 e. The van der Waals surface area contributed by atoms with Crippen molar-refractivity contribution in [3.05, 3.63) is 47.2 Å². The maximum Gasteiger partial charge on any atom is 0.171 e. The molecule has 0 bridgehead atoms. The predicted molar refractivity (Wildman–Crippen MR) is 94.4 cm³/mol. The van der Waals surface area contributed by atoms with Crippen LogP contribution in [0.3, 0.4) is 0 Å². The average Bonchev–Trinajstić information content (AvgIpc) is 3.14. The van der Waals surface area contributed by atoms with Gasteiger partial charge in [-0.1, -0.05) is 36.6 Å². The Morgan fingerprint density at radius 3 is 2.73 bits per heavy atom. The number of nitrogens with zero attached hydrogens (tertiary/aromatic N) is 2. The van der Waals surface area contributed by atoms with Gasteiger partial charge in [-0.3, -0.25) is 4.68 Å². The Morgan fingerprint density at radius 2 is 2.00 bits per heavy atom. The summed E-state index contributed by atoms with van der Waals surface area (Å²) in [6.07, 6.45) is 8.74. The highest BCUT2D eigenvalue weighted by Gasteiger charge is 2.15. The van der Waals surface area contributed by atoms with Crippen LogP contribution in [-0.4, -0.2) is 20.9 Å². The third kappa shape index (κ3) is 4.21. The van der Waals surface area contributed by atoms with Crippen LogP contribution < -0.4 is 10.6 Å². The summed E-state index contributed by atoms with van der Waals surface area (Å²) in [6, 6.07) is 8.30. The van der Waals surface area contributed by atoms with E-state index >= 15 is 0 Å². The SMILES string of the molecule is S=C(Nc1cnn(Cc2ccc(Cl)cc2)c1)NC1CCCC1. The molecule has 1 heterocycles. The molecule has 1 fully saturated rings. The Morgan fingerprint density at radius 1 is 1.27 bits per heavy atom. The number of hydrogen-bond donors (Lipinski definition) is 2. The van der Waals surface area contributed by atoms with Gasteiger partial charge in [0.25, 0.3) is 0 Å². The Balaban J connectivity index is 1.54. The van der Waals surface area contributed by atoms with Crippen molar-refractivity contribution in [2.24, 2.45) is 0 Å². The monoisotopic (exact) mass is 334 g/mol. The van der Waals surface area contributed by atoms with Gasteiger partial charge in [0.05, 0.1) is 18.4 Å². The molecule has 0 amide bonds. The van der Waals surface area contributed by atoms with E-state index in [9.17, 15) is 0 Å². The highest BCUT2D eigenvalue weighted by atomic mass is 35.5. The molecule has 4 nitrogen and oxygen atoms in total. The summed E-state index contributed by atoms with van der Waals surface area (Å²) < 4.78 is 1.88.